The Morgan fingerprint density at radius 1 is 0.952 bits per heavy atom. The summed E-state index contributed by atoms with van der Waals surface area (Å²) in [7, 11) is 0. The van der Waals surface area contributed by atoms with Gasteiger partial charge in [-0.2, -0.15) is 0 Å². The zero-order valence-electron chi connectivity index (χ0n) is 12.2. The molecule has 5 rings (SSSR count). The summed E-state index contributed by atoms with van der Waals surface area (Å²) in [6.07, 6.45) is 2.50. The maximum Gasteiger partial charge on any atom is 0.0781 e. The molecule has 1 saturated heterocycles. The van der Waals surface area contributed by atoms with Crippen LogP contribution in [0.15, 0.2) is 54.6 Å². The third kappa shape index (κ3) is 1.28. The van der Waals surface area contributed by atoms with Crippen molar-refractivity contribution in [1.82, 2.24) is 4.57 Å². The minimum Gasteiger partial charge on any atom is -0.359 e. The Morgan fingerprint density at radius 3 is 2.62 bits per heavy atom. The van der Waals surface area contributed by atoms with Gasteiger partial charge in [0, 0.05) is 17.6 Å². The number of hydrogen-bond donors (Lipinski definition) is 0. The van der Waals surface area contributed by atoms with Gasteiger partial charge in [-0.05, 0) is 44.0 Å². The topological polar surface area (TPSA) is 8.17 Å². The summed E-state index contributed by atoms with van der Waals surface area (Å²) in [5.74, 6) is 0. The third-order valence-electron chi connectivity index (χ3n) is 5.32. The van der Waals surface area contributed by atoms with Gasteiger partial charge in [-0.1, -0.05) is 30.3 Å². The fourth-order valence-electron chi connectivity index (χ4n) is 4.31. The molecule has 0 bridgehead atoms. The smallest absolute Gasteiger partial charge is 0.0781 e. The molecule has 2 aliphatic rings. The molecule has 0 aliphatic carbocycles. The molecule has 2 heteroatoms. The lowest BCUT2D eigenvalue weighted by atomic mass is 9.91. The van der Waals surface area contributed by atoms with Crippen LogP contribution < -0.4 is 4.90 Å². The van der Waals surface area contributed by atoms with Gasteiger partial charge in [-0.25, -0.2) is 0 Å². The van der Waals surface area contributed by atoms with Crippen LogP contribution in [0.2, 0.25) is 0 Å². The van der Waals surface area contributed by atoms with E-state index in [1.807, 2.05) is 0 Å². The van der Waals surface area contributed by atoms with E-state index in [1.165, 1.54) is 40.8 Å². The summed E-state index contributed by atoms with van der Waals surface area (Å²) < 4.78 is 2.48. The fourth-order valence-corrected chi connectivity index (χ4v) is 4.31. The van der Waals surface area contributed by atoms with Gasteiger partial charge in [0.25, 0.3) is 0 Å². The first-order valence-electron chi connectivity index (χ1n) is 7.77. The molecule has 0 amide bonds. The lowest BCUT2D eigenvalue weighted by molar-refractivity contribution is 0.460. The molecule has 2 aliphatic heterocycles. The number of para-hydroxylation sites is 3. The minimum absolute atomic E-state index is 0.132. The van der Waals surface area contributed by atoms with E-state index in [4.69, 9.17) is 0 Å². The molecule has 0 N–H and O–H groups in total. The second-order valence-electron chi connectivity index (χ2n) is 6.44. The van der Waals surface area contributed by atoms with Crippen molar-refractivity contribution >= 4 is 16.6 Å². The van der Waals surface area contributed by atoms with Crippen molar-refractivity contribution in [3.8, 4) is 5.69 Å². The maximum atomic E-state index is 2.61. The Bertz CT molecular complexity index is 861. The number of anilines is 1. The predicted octanol–water partition coefficient (Wildman–Crippen LogP) is 4.46. The first kappa shape index (κ1) is 11.4. The Labute approximate surface area is 124 Å². The van der Waals surface area contributed by atoms with Crippen LogP contribution in [0, 0.1) is 0 Å². The molecule has 2 aromatic carbocycles. The van der Waals surface area contributed by atoms with Crippen molar-refractivity contribution < 1.29 is 0 Å². The van der Waals surface area contributed by atoms with Crippen LogP contribution in [0.3, 0.4) is 0 Å². The van der Waals surface area contributed by atoms with Crippen molar-refractivity contribution in [3.05, 3.63) is 60.3 Å². The summed E-state index contributed by atoms with van der Waals surface area (Å²) in [6, 6.07) is 20.0. The average molecular weight is 274 g/mol. The van der Waals surface area contributed by atoms with Crippen molar-refractivity contribution in [1.29, 1.82) is 0 Å². The van der Waals surface area contributed by atoms with Crippen molar-refractivity contribution in [2.75, 3.05) is 11.4 Å². The lowest BCUT2D eigenvalue weighted by Gasteiger charge is -2.43. The SMILES string of the molecule is C[C@@]12CCCN1c1ccccc1-n1c2cc2ccccc21. The molecule has 2 nitrogen and oxygen atoms in total. The van der Waals surface area contributed by atoms with Crippen LogP contribution in [0.4, 0.5) is 5.69 Å². The number of hydrogen-bond acceptors (Lipinski definition) is 1. The van der Waals surface area contributed by atoms with E-state index in [-0.39, 0.29) is 5.54 Å². The number of benzene rings is 2. The molecule has 0 saturated carbocycles. The van der Waals surface area contributed by atoms with Crippen molar-refractivity contribution in [3.63, 3.8) is 0 Å². The molecule has 21 heavy (non-hydrogen) atoms. The van der Waals surface area contributed by atoms with Gasteiger partial charge >= 0.3 is 0 Å². The summed E-state index contributed by atoms with van der Waals surface area (Å²) in [6.45, 7) is 3.57. The van der Waals surface area contributed by atoms with Crippen LogP contribution in [0.25, 0.3) is 16.6 Å². The van der Waals surface area contributed by atoms with Crippen LogP contribution in [0.1, 0.15) is 25.5 Å². The monoisotopic (exact) mass is 274 g/mol. The molecule has 3 aromatic rings. The highest BCUT2D eigenvalue weighted by Crippen LogP contribution is 2.49. The molecule has 1 fully saturated rings. The zero-order chi connectivity index (χ0) is 14.0. The van der Waals surface area contributed by atoms with Gasteiger partial charge in [0.1, 0.15) is 0 Å². The van der Waals surface area contributed by atoms with Gasteiger partial charge in [0.2, 0.25) is 0 Å². The predicted molar refractivity (Wildman–Crippen MR) is 87.2 cm³/mol. The van der Waals surface area contributed by atoms with Crippen LogP contribution in [-0.4, -0.2) is 11.1 Å². The standard InChI is InChI=1S/C19H18N2/c1-19-11-6-12-20(19)16-9-4-5-10-17(16)21-15-8-3-2-7-14(15)13-18(19)21/h2-5,7-10,13H,6,11-12H2,1H3/t19-/m0/s1. The highest BCUT2D eigenvalue weighted by atomic mass is 15.3. The van der Waals surface area contributed by atoms with E-state index < -0.39 is 0 Å². The van der Waals surface area contributed by atoms with E-state index in [1.54, 1.807) is 0 Å². The minimum atomic E-state index is 0.132. The normalized spacial score (nSPS) is 23.0. The van der Waals surface area contributed by atoms with Gasteiger partial charge in [-0.15, -0.1) is 0 Å². The molecular weight excluding hydrogens is 256 g/mol. The van der Waals surface area contributed by atoms with E-state index in [0.29, 0.717) is 0 Å². The highest BCUT2D eigenvalue weighted by Gasteiger charge is 2.44. The largest absolute Gasteiger partial charge is 0.359 e. The van der Waals surface area contributed by atoms with Crippen molar-refractivity contribution in [2.24, 2.45) is 0 Å². The van der Waals surface area contributed by atoms with E-state index in [9.17, 15) is 0 Å². The summed E-state index contributed by atoms with van der Waals surface area (Å²) >= 11 is 0. The van der Waals surface area contributed by atoms with Crippen LogP contribution in [-0.2, 0) is 5.54 Å². The van der Waals surface area contributed by atoms with Gasteiger partial charge < -0.3 is 9.47 Å². The molecule has 0 radical (unpaired) electrons. The van der Waals surface area contributed by atoms with Gasteiger partial charge in [-0.3, -0.25) is 0 Å². The Kier molecular flexibility index (Phi) is 2.02. The fraction of sp³-hybridized carbons (Fsp3) is 0.263. The number of rotatable bonds is 0. The molecule has 1 atom stereocenters. The number of fused-ring (bicyclic) bond motifs is 8. The van der Waals surface area contributed by atoms with E-state index >= 15 is 0 Å². The molecule has 104 valence electrons. The molecule has 1 aromatic heterocycles. The third-order valence-corrected chi connectivity index (χ3v) is 5.32. The highest BCUT2D eigenvalue weighted by molar-refractivity contribution is 5.87. The Balaban J connectivity index is 1.96. The second kappa shape index (κ2) is 3.70. The summed E-state index contributed by atoms with van der Waals surface area (Å²) in [4.78, 5) is 2.61. The Hall–Kier alpha value is -2.22. The Morgan fingerprint density at radius 2 is 1.71 bits per heavy atom. The lowest BCUT2D eigenvalue weighted by Crippen LogP contribution is -2.43. The molecule has 0 unspecified atom stereocenters. The molecule has 0 spiro atoms. The quantitative estimate of drug-likeness (QED) is 0.587. The molecular formula is C19H18N2. The van der Waals surface area contributed by atoms with Crippen LogP contribution in [0.5, 0.6) is 0 Å². The average Bonchev–Trinajstić information content (AvgIpc) is 3.09. The first-order valence-corrected chi connectivity index (χ1v) is 7.77. The van der Waals surface area contributed by atoms with Crippen LogP contribution >= 0.6 is 0 Å². The molecule has 3 heterocycles. The summed E-state index contributed by atoms with van der Waals surface area (Å²) in [5.41, 5.74) is 5.61. The number of aromatic nitrogens is 1. The van der Waals surface area contributed by atoms with Gasteiger partial charge in [0.15, 0.2) is 0 Å². The second-order valence-corrected chi connectivity index (χ2v) is 6.44. The van der Waals surface area contributed by atoms with E-state index in [2.05, 4.69) is 71.0 Å². The number of nitrogens with zero attached hydrogens (tertiary/aromatic N) is 2. The maximum absolute atomic E-state index is 2.61. The van der Waals surface area contributed by atoms with Crippen molar-refractivity contribution in [2.45, 2.75) is 25.3 Å². The van der Waals surface area contributed by atoms with Gasteiger partial charge in [0.05, 0.1) is 22.4 Å². The summed E-state index contributed by atoms with van der Waals surface area (Å²) in [5, 5.41) is 1.34. The van der Waals surface area contributed by atoms with E-state index in [0.717, 1.165) is 6.54 Å². The zero-order valence-corrected chi connectivity index (χ0v) is 12.2. The first-order chi connectivity index (χ1) is 10.3.